The lowest BCUT2D eigenvalue weighted by atomic mass is 10.1. The number of carbonyl (C=O) groups excluding carboxylic acids is 2. The quantitative estimate of drug-likeness (QED) is 0.476. The first-order valence-corrected chi connectivity index (χ1v) is 12.8. The lowest BCUT2D eigenvalue weighted by Gasteiger charge is -2.32. The third-order valence-corrected chi connectivity index (χ3v) is 7.39. The number of nitrogens with zero attached hydrogens (tertiary/aromatic N) is 3. The van der Waals surface area contributed by atoms with E-state index in [1.165, 1.54) is 19.0 Å². The summed E-state index contributed by atoms with van der Waals surface area (Å²) in [5.74, 6) is -0.768. The second-order valence-electron chi connectivity index (χ2n) is 7.75. The SMILES string of the molecule is CCCNC(=O)[C@H](C)N(Cc1ccc(Br)cc1)C(=O)CN(c1ccccc1)S(=O)(=O)N(C)C. The smallest absolute Gasteiger partial charge is 0.304 e. The number of amides is 2. The molecule has 2 aromatic carbocycles. The van der Waals surface area contributed by atoms with Gasteiger partial charge in [0.1, 0.15) is 12.6 Å². The molecule has 0 saturated carbocycles. The van der Waals surface area contributed by atoms with Gasteiger partial charge in [-0.05, 0) is 43.2 Å². The summed E-state index contributed by atoms with van der Waals surface area (Å²) in [4.78, 5) is 27.6. The second-order valence-corrected chi connectivity index (χ2v) is 10.7. The minimum absolute atomic E-state index is 0.164. The Morgan fingerprint density at radius 1 is 1.03 bits per heavy atom. The number of halogens is 1. The van der Waals surface area contributed by atoms with Crippen LogP contribution in [0.4, 0.5) is 5.69 Å². The van der Waals surface area contributed by atoms with Crippen molar-refractivity contribution in [2.75, 3.05) is 31.5 Å². The van der Waals surface area contributed by atoms with Crippen molar-refractivity contribution in [2.45, 2.75) is 32.9 Å². The van der Waals surface area contributed by atoms with Crippen LogP contribution in [0, 0.1) is 0 Å². The largest absolute Gasteiger partial charge is 0.354 e. The molecule has 0 heterocycles. The predicted molar refractivity (Wildman–Crippen MR) is 134 cm³/mol. The number of hydrogen-bond acceptors (Lipinski definition) is 4. The molecule has 180 valence electrons. The summed E-state index contributed by atoms with van der Waals surface area (Å²) in [5, 5.41) is 2.82. The molecule has 2 aromatic rings. The van der Waals surface area contributed by atoms with E-state index in [-0.39, 0.29) is 12.5 Å². The number of benzene rings is 2. The van der Waals surface area contributed by atoms with Gasteiger partial charge in [0.25, 0.3) is 0 Å². The minimum Gasteiger partial charge on any atom is -0.354 e. The maximum Gasteiger partial charge on any atom is 0.304 e. The summed E-state index contributed by atoms with van der Waals surface area (Å²) in [5.41, 5.74) is 1.19. The van der Waals surface area contributed by atoms with Crippen molar-refractivity contribution < 1.29 is 18.0 Å². The number of anilines is 1. The zero-order chi connectivity index (χ0) is 24.6. The summed E-state index contributed by atoms with van der Waals surface area (Å²) in [6, 6.07) is 15.1. The van der Waals surface area contributed by atoms with Crippen LogP contribution in [0.1, 0.15) is 25.8 Å². The molecule has 2 rings (SSSR count). The van der Waals surface area contributed by atoms with Gasteiger partial charge in [-0.2, -0.15) is 12.7 Å². The van der Waals surface area contributed by atoms with Crippen LogP contribution < -0.4 is 9.62 Å². The molecule has 33 heavy (non-hydrogen) atoms. The summed E-state index contributed by atoms with van der Waals surface area (Å²) in [6.07, 6.45) is 0.766. The fourth-order valence-corrected chi connectivity index (χ4v) is 4.40. The molecule has 0 saturated heterocycles. The summed E-state index contributed by atoms with van der Waals surface area (Å²) in [6.45, 7) is 3.81. The van der Waals surface area contributed by atoms with E-state index in [4.69, 9.17) is 0 Å². The first-order chi connectivity index (χ1) is 15.6. The number of para-hydroxylation sites is 1. The zero-order valence-electron chi connectivity index (χ0n) is 19.4. The summed E-state index contributed by atoms with van der Waals surface area (Å²) < 4.78 is 29.1. The highest BCUT2D eigenvalue weighted by Crippen LogP contribution is 2.21. The van der Waals surface area contributed by atoms with Crippen molar-refractivity contribution in [3.8, 4) is 0 Å². The lowest BCUT2D eigenvalue weighted by Crippen LogP contribution is -2.52. The molecule has 0 bridgehead atoms. The van der Waals surface area contributed by atoms with Crippen molar-refractivity contribution in [3.05, 3.63) is 64.6 Å². The van der Waals surface area contributed by atoms with Crippen molar-refractivity contribution in [1.82, 2.24) is 14.5 Å². The zero-order valence-corrected chi connectivity index (χ0v) is 21.8. The van der Waals surface area contributed by atoms with Crippen LogP contribution >= 0.6 is 15.9 Å². The molecule has 0 aliphatic heterocycles. The van der Waals surface area contributed by atoms with Crippen molar-refractivity contribution in [1.29, 1.82) is 0 Å². The molecule has 1 N–H and O–H groups in total. The van der Waals surface area contributed by atoms with Crippen molar-refractivity contribution in [3.63, 3.8) is 0 Å². The Bertz CT molecular complexity index is 1030. The first kappa shape index (κ1) is 26.8. The average Bonchev–Trinajstić information content (AvgIpc) is 2.80. The normalized spacial score (nSPS) is 12.3. The third-order valence-electron chi connectivity index (χ3n) is 5.05. The Kier molecular flexibility index (Phi) is 9.87. The molecule has 0 aliphatic rings. The monoisotopic (exact) mass is 538 g/mol. The molecule has 0 spiro atoms. The highest BCUT2D eigenvalue weighted by Gasteiger charge is 2.32. The molecule has 1 atom stereocenters. The van der Waals surface area contributed by atoms with Crippen molar-refractivity contribution >= 4 is 43.6 Å². The molecule has 0 unspecified atom stereocenters. The number of rotatable bonds is 11. The van der Waals surface area contributed by atoms with Crippen LogP contribution in [-0.4, -0.2) is 62.7 Å². The lowest BCUT2D eigenvalue weighted by molar-refractivity contribution is -0.139. The van der Waals surface area contributed by atoms with E-state index in [1.807, 2.05) is 31.2 Å². The molecule has 0 fully saturated rings. The molecule has 10 heteroatoms. The van der Waals surface area contributed by atoms with Gasteiger partial charge in [0.2, 0.25) is 11.8 Å². The Morgan fingerprint density at radius 2 is 1.64 bits per heavy atom. The molecular formula is C23H31BrN4O4S. The van der Waals surface area contributed by atoms with Gasteiger partial charge in [0, 0.05) is 31.7 Å². The Hall–Kier alpha value is -2.43. The van der Waals surface area contributed by atoms with Crippen LogP contribution in [0.15, 0.2) is 59.1 Å². The Labute approximate surface area is 204 Å². The second kappa shape index (κ2) is 12.2. The van der Waals surface area contributed by atoms with E-state index >= 15 is 0 Å². The number of nitrogens with one attached hydrogen (secondary N) is 1. The van der Waals surface area contributed by atoms with E-state index in [9.17, 15) is 18.0 Å². The highest BCUT2D eigenvalue weighted by molar-refractivity contribution is 9.10. The van der Waals surface area contributed by atoms with Gasteiger partial charge in [-0.15, -0.1) is 0 Å². The van der Waals surface area contributed by atoms with E-state index < -0.39 is 28.7 Å². The fourth-order valence-electron chi connectivity index (χ4n) is 3.08. The third kappa shape index (κ3) is 7.28. The maximum atomic E-state index is 13.5. The highest BCUT2D eigenvalue weighted by atomic mass is 79.9. The molecular weight excluding hydrogens is 508 g/mol. The standard InChI is InChI=1S/C23H31BrN4O4S/c1-5-15-25-23(30)18(2)27(16-19-11-13-20(24)14-12-19)22(29)17-28(33(31,32)26(3)4)21-9-7-6-8-10-21/h6-14,18H,5,15-17H2,1-4H3,(H,25,30)/t18-/m0/s1. The molecule has 0 aliphatic carbocycles. The Balaban J connectivity index is 2.39. The van der Waals surface area contributed by atoms with E-state index in [2.05, 4.69) is 21.2 Å². The molecule has 0 aromatic heterocycles. The van der Waals surface area contributed by atoms with Gasteiger partial charge < -0.3 is 10.2 Å². The average molecular weight is 539 g/mol. The van der Waals surface area contributed by atoms with Gasteiger partial charge in [-0.1, -0.05) is 53.2 Å². The van der Waals surface area contributed by atoms with E-state index in [0.717, 1.165) is 25.1 Å². The van der Waals surface area contributed by atoms with Gasteiger partial charge in [0.05, 0.1) is 5.69 Å². The van der Waals surface area contributed by atoms with Crippen LogP contribution in [0.3, 0.4) is 0 Å². The Morgan fingerprint density at radius 3 is 2.18 bits per heavy atom. The molecule has 8 nitrogen and oxygen atoms in total. The first-order valence-electron chi connectivity index (χ1n) is 10.6. The van der Waals surface area contributed by atoms with Crippen LogP contribution in [-0.2, 0) is 26.3 Å². The van der Waals surface area contributed by atoms with E-state index in [1.54, 1.807) is 37.3 Å². The topological polar surface area (TPSA) is 90.0 Å². The number of hydrogen-bond donors (Lipinski definition) is 1. The van der Waals surface area contributed by atoms with Crippen LogP contribution in [0.5, 0.6) is 0 Å². The summed E-state index contributed by atoms with van der Waals surface area (Å²) >= 11 is 3.39. The summed E-state index contributed by atoms with van der Waals surface area (Å²) in [7, 11) is -1.12. The van der Waals surface area contributed by atoms with E-state index in [0.29, 0.717) is 12.2 Å². The molecule has 2 amide bonds. The number of carbonyl (C=O) groups is 2. The maximum absolute atomic E-state index is 13.5. The molecule has 0 radical (unpaired) electrons. The fraction of sp³-hybridized carbons (Fsp3) is 0.391. The predicted octanol–water partition coefficient (Wildman–Crippen LogP) is 3.01. The van der Waals surface area contributed by atoms with Gasteiger partial charge in [-0.25, -0.2) is 4.31 Å². The van der Waals surface area contributed by atoms with Crippen LogP contribution in [0.2, 0.25) is 0 Å². The van der Waals surface area contributed by atoms with Gasteiger partial charge in [-0.3, -0.25) is 9.59 Å². The van der Waals surface area contributed by atoms with Crippen LogP contribution in [0.25, 0.3) is 0 Å². The minimum atomic E-state index is -3.95. The van der Waals surface area contributed by atoms with Gasteiger partial charge >= 0.3 is 10.2 Å². The van der Waals surface area contributed by atoms with Gasteiger partial charge in [0.15, 0.2) is 0 Å². The van der Waals surface area contributed by atoms with Crippen molar-refractivity contribution in [2.24, 2.45) is 0 Å².